The lowest BCUT2D eigenvalue weighted by Crippen LogP contribution is -2.62. The smallest absolute Gasteiger partial charge is 0.257 e. The largest absolute Gasteiger partial charge is 0.350 e. The molecule has 0 bridgehead atoms. The molecule has 1 fully saturated rings. The van der Waals surface area contributed by atoms with E-state index in [1.165, 1.54) is 18.3 Å². The van der Waals surface area contributed by atoms with Crippen LogP contribution in [0.2, 0.25) is 0 Å². The molecule has 0 aliphatic carbocycles. The molecule has 1 aliphatic heterocycles. The summed E-state index contributed by atoms with van der Waals surface area (Å²) in [7, 11) is 0. The predicted molar refractivity (Wildman–Crippen MR) is 109 cm³/mol. The predicted octanol–water partition coefficient (Wildman–Crippen LogP) is 3.41. The summed E-state index contributed by atoms with van der Waals surface area (Å²) in [6, 6.07) is 5.36. The molecule has 1 aromatic carbocycles. The van der Waals surface area contributed by atoms with E-state index in [0.29, 0.717) is 30.1 Å². The molecule has 0 spiro atoms. The summed E-state index contributed by atoms with van der Waals surface area (Å²) in [4.78, 5) is 27.8. The van der Waals surface area contributed by atoms with Gasteiger partial charge in [0.2, 0.25) is 5.91 Å². The fraction of sp³-hybridized carbons (Fsp3) is 0.500. The van der Waals surface area contributed by atoms with Crippen molar-refractivity contribution in [2.45, 2.75) is 52.6 Å². The lowest BCUT2D eigenvalue weighted by molar-refractivity contribution is -0.130. The Morgan fingerprint density at radius 1 is 1.17 bits per heavy atom. The maximum absolute atomic E-state index is 13.3. The Bertz CT molecular complexity index is 860. The molecule has 1 N–H and O–H groups in total. The van der Waals surface area contributed by atoms with Crippen molar-refractivity contribution in [2.75, 3.05) is 6.54 Å². The molecule has 0 saturated carbocycles. The summed E-state index contributed by atoms with van der Waals surface area (Å²) in [6.07, 6.45) is 4.56. The summed E-state index contributed by atoms with van der Waals surface area (Å²) in [5.41, 5.74) is 1.08. The van der Waals surface area contributed by atoms with Crippen molar-refractivity contribution < 1.29 is 14.0 Å². The SMILES string of the molecule is CC(C)CC1CN(C(=O)c2cnn(-c3ccc(F)cc3)c2)C(CC(C)C)C(=O)N1. The number of rotatable bonds is 6. The van der Waals surface area contributed by atoms with E-state index in [9.17, 15) is 14.0 Å². The van der Waals surface area contributed by atoms with E-state index in [1.807, 2.05) is 13.8 Å². The molecule has 29 heavy (non-hydrogen) atoms. The highest BCUT2D eigenvalue weighted by molar-refractivity contribution is 5.98. The number of benzene rings is 1. The lowest BCUT2D eigenvalue weighted by atomic mass is 9.94. The molecule has 7 heteroatoms. The zero-order valence-corrected chi connectivity index (χ0v) is 17.4. The molecule has 156 valence electrons. The molecule has 1 saturated heterocycles. The van der Waals surface area contributed by atoms with E-state index >= 15 is 0 Å². The second-order valence-electron chi connectivity index (χ2n) is 8.59. The van der Waals surface area contributed by atoms with Crippen LogP contribution >= 0.6 is 0 Å². The Morgan fingerprint density at radius 2 is 1.83 bits per heavy atom. The maximum Gasteiger partial charge on any atom is 0.257 e. The van der Waals surface area contributed by atoms with Crippen molar-refractivity contribution >= 4 is 11.8 Å². The third-order valence-corrected chi connectivity index (χ3v) is 5.07. The van der Waals surface area contributed by atoms with Crippen molar-refractivity contribution in [3.63, 3.8) is 0 Å². The zero-order valence-electron chi connectivity index (χ0n) is 17.4. The first-order chi connectivity index (χ1) is 13.7. The molecule has 2 amide bonds. The molecule has 2 aromatic rings. The van der Waals surface area contributed by atoms with E-state index in [-0.39, 0.29) is 29.6 Å². The van der Waals surface area contributed by atoms with Crippen molar-refractivity contribution in [1.29, 1.82) is 0 Å². The van der Waals surface area contributed by atoms with Crippen LogP contribution in [0.3, 0.4) is 0 Å². The van der Waals surface area contributed by atoms with Gasteiger partial charge in [-0.25, -0.2) is 9.07 Å². The molecular weight excluding hydrogens is 371 g/mol. The average molecular weight is 400 g/mol. The number of carbonyl (C=O) groups excluding carboxylic acids is 2. The number of halogens is 1. The van der Waals surface area contributed by atoms with Crippen LogP contribution in [-0.4, -0.2) is 45.1 Å². The van der Waals surface area contributed by atoms with Gasteiger partial charge in [-0.15, -0.1) is 0 Å². The zero-order chi connectivity index (χ0) is 21.1. The Morgan fingerprint density at radius 3 is 2.45 bits per heavy atom. The van der Waals surface area contributed by atoms with E-state index in [1.54, 1.807) is 27.9 Å². The lowest BCUT2D eigenvalue weighted by Gasteiger charge is -2.40. The summed E-state index contributed by atoms with van der Waals surface area (Å²) in [5, 5.41) is 7.34. The van der Waals surface area contributed by atoms with Gasteiger partial charge >= 0.3 is 0 Å². The molecule has 1 aliphatic rings. The number of amides is 2. The Labute approximate surface area is 171 Å². The third kappa shape index (κ3) is 5.02. The van der Waals surface area contributed by atoms with Gasteiger partial charge in [0.15, 0.2) is 0 Å². The van der Waals surface area contributed by atoms with Gasteiger partial charge in [0.1, 0.15) is 11.9 Å². The number of nitrogens with one attached hydrogen (secondary N) is 1. The monoisotopic (exact) mass is 400 g/mol. The second-order valence-corrected chi connectivity index (χ2v) is 8.59. The maximum atomic E-state index is 13.3. The number of hydrogen-bond acceptors (Lipinski definition) is 3. The van der Waals surface area contributed by atoms with Gasteiger partial charge in [0, 0.05) is 18.8 Å². The number of piperazine rings is 1. The molecular formula is C22H29FN4O2. The van der Waals surface area contributed by atoms with Gasteiger partial charge in [0.25, 0.3) is 5.91 Å². The third-order valence-electron chi connectivity index (χ3n) is 5.07. The summed E-state index contributed by atoms with van der Waals surface area (Å²) >= 11 is 0. The molecule has 2 heterocycles. The van der Waals surface area contributed by atoms with Crippen LogP contribution in [0.5, 0.6) is 0 Å². The minimum absolute atomic E-state index is 0.0537. The second kappa shape index (κ2) is 8.76. The van der Waals surface area contributed by atoms with E-state index in [4.69, 9.17) is 0 Å². The Hall–Kier alpha value is -2.70. The van der Waals surface area contributed by atoms with Gasteiger partial charge in [-0.2, -0.15) is 5.10 Å². The molecule has 2 unspecified atom stereocenters. The molecule has 0 radical (unpaired) electrons. The summed E-state index contributed by atoms with van der Waals surface area (Å²) < 4.78 is 14.7. The highest BCUT2D eigenvalue weighted by atomic mass is 19.1. The van der Waals surface area contributed by atoms with Crippen LogP contribution in [0.4, 0.5) is 4.39 Å². The first-order valence-corrected chi connectivity index (χ1v) is 10.2. The summed E-state index contributed by atoms with van der Waals surface area (Å²) in [5.74, 6) is 0.0801. The first-order valence-electron chi connectivity index (χ1n) is 10.2. The molecule has 2 atom stereocenters. The standard InChI is InChI=1S/C22H29FN4O2/c1-14(2)9-18-13-26(20(10-15(3)4)21(28)25-18)22(29)16-11-24-27(12-16)19-7-5-17(23)6-8-19/h5-8,11-12,14-15,18,20H,9-10,13H2,1-4H3,(H,25,28). The highest BCUT2D eigenvalue weighted by Gasteiger charge is 2.38. The van der Waals surface area contributed by atoms with Gasteiger partial charge in [-0.05, 0) is 48.9 Å². The van der Waals surface area contributed by atoms with Crippen LogP contribution in [0, 0.1) is 17.7 Å². The van der Waals surface area contributed by atoms with E-state index < -0.39 is 6.04 Å². The fourth-order valence-electron chi connectivity index (χ4n) is 3.79. The molecule has 6 nitrogen and oxygen atoms in total. The summed E-state index contributed by atoms with van der Waals surface area (Å²) in [6.45, 7) is 8.78. The topological polar surface area (TPSA) is 67.2 Å². The minimum atomic E-state index is -0.486. The van der Waals surface area contributed by atoms with Crippen LogP contribution in [-0.2, 0) is 4.79 Å². The van der Waals surface area contributed by atoms with E-state index in [2.05, 4.69) is 24.3 Å². The van der Waals surface area contributed by atoms with Crippen molar-refractivity contribution in [3.8, 4) is 5.69 Å². The Balaban J connectivity index is 1.85. The van der Waals surface area contributed by atoms with E-state index in [0.717, 1.165) is 6.42 Å². The first kappa shape index (κ1) is 21.0. The average Bonchev–Trinajstić information content (AvgIpc) is 3.13. The number of nitrogens with zero attached hydrogens (tertiary/aromatic N) is 3. The van der Waals surface area contributed by atoms with Crippen LogP contribution in [0.25, 0.3) is 5.69 Å². The van der Waals surface area contributed by atoms with Gasteiger partial charge in [-0.3, -0.25) is 9.59 Å². The van der Waals surface area contributed by atoms with Crippen LogP contribution < -0.4 is 5.32 Å². The van der Waals surface area contributed by atoms with Gasteiger partial charge in [0.05, 0.1) is 17.4 Å². The number of carbonyl (C=O) groups is 2. The highest BCUT2D eigenvalue weighted by Crippen LogP contribution is 2.22. The normalized spacial score (nSPS) is 19.7. The molecule has 3 rings (SSSR count). The Kier molecular flexibility index (Phi) is 6.35. The van der Waals surface area contributed by atoms with Crippen molar-refractivity contribution in [2.24, 2.45) is 11.8 Å². The van der Waals surface area contributed by atoms with Crippen LogP contribution in [0.1, 0.15) is 50.9 Å². The van der Waals surface area contributed by atoms with Gasteiger partial charge < -0.3 is 10.2 Å². The minimum Gasteiger partial charge on any atom is -0.350 e. The van der Waals surface area contributed by atoms with Crippen molar-refractivity contribution in [3.05, 3.63) is 48.0 Å². The molecule has 1 aromatic heterocycles. The van der Waals surface area contributed by atoms with Crippen molar-refractivity contribution in [1.82, 2.24) is 20.0 Å². The number of aromatic nitrogens is 2. The number of hydrogen-bond donors (Lipinski definition) is 1. The fourth-order valence-corrected chi connectivity index (χ4v) is 3.79. The van der Waals surface area contributed by atoms with Crippen LogP contribution in [0.15, 0.2) is 36.7 Å². The van der Waals surface area contributed by atoms with Gasteiger partial charge in [-0.1, -0.05) is 27.7 Å². The quantitative estimate of drug-likeness (QED) is 0.808.